The SMILES string of the molecule is CNc1nc([C@H]2CCN(C(C)=O)C2)nc2c1CN(CC1CCCCC1)CC2. The lowest BCUT2D eigenvalue weighted by molar-refractivity contribution is -0.127. The predicted molar refractivity (Wildman–Crippen MR) is 107 cm³/mol. The Morgan fingerprint density at radius 2 is 1.96 bits per heavy atom. The Hall–Kier alpha value is -1.69. The first-order valence-corrected chi connectivity index (χ1v) is 10.7. The van der Waals surface area contributed by atoms with E-state index in [1.54, 1.807) is 6.92 Å². The molecule has 2 aliphatic heterocycles. The molecule has 3 aliphatic rings. The lowest BCUT2D eigenvalue weighted by Gasteiger charge is -2.33. The maximum Gasteiger partial charge on any atom is 0.219 e. The van der Waals surface area contributed by atoms with Crippen LogP contribution in [0.5, 0.6) is 0 Å². The van der Waals surface area contributed by atoms with Crippen LogP contribution in [-0.2, 0) is 17.8 Å². The van der Waals surface area contributed by atoms with Crippen LogP contribution >= 0.6 is 0 Å². The molecule has 2 fully saturated rings. The van der Waals surface area contributed by atoms with Gasteiger partial charge in [0.25, 0.3) is 0 Å². The fourth-order valence-corrected chi connectivity index (χ4v) is 5.03. The third-order valence-electron chi connectivity index (χ3n) is 6.63. The van der Waals surface area contributed by atoms with Gasteiger partial charge >= 0.3 is 0 Å². The molecule has 4 rings (SSSR count). The number of nitrogens with one attached hydrogen (secondary N) is 1. The highest BCUT2D eigenvalue weighted by Crippen LogP contribution is 2.31. The van der Waals surface area contributed by atoms with Crippen LogP contribution in [0.2, 0.25) is 0 Å². The van der Waals surface area contributed by atoms with Crippen LogP contribution in [-0.4, -0.2) is 58.9 Å². The van der Waals surface area contributed by atoms with E-state index in [1.807, 2.05) is 11.9 Å². The molecule has 1 aromatic heterocycles. The van der Waals surface area contributed by atoms with Gasteiger partial charge in [-0.1, -0.05) is 19.3 Å². The topological polar surface area (TPSA) is 61.4 Å². The summed E-state index contributed by atoms with van der Waals surface area (Å²) < 4.78 is 0. The first-order valence-electron chi connectivity index (χ1n) is 10.7. The van der Waals surface area contributed by atoms with Gasteiger partial charge in [-0.15, -0.1) is 0 Å². The quantitative estimate of drug-likeness (QED) is 0.882. The summed E-state index contributed by atoms with van der Waals surface area (Å²) >= 11 is 0. The van der Waals surface area contributed by atoms with Crippen LogP contribution in [0.3, 0.4) is 0 Å². The molecular formula is C21H33N5O. The average molecular weight is 372 g/mol. The number of rotatable bonds is 4. The summed E-state index contributed by atoms with van der Waals surface area (Å²) in [5, 5.41) is 3.32. The Kier molecular flexibility index (Phi) is 5.62. The molecule has 3 heterocycles. The Bertz CT molecular complexity index is 668. The molecule has 0 bridgehead atoms. The number of fused-ring (bicyclic) bond motifs is 1. The van der Waals surface area contributed by atoms with Crippen LogP contribution in [0.4, 0.5) is 5.82 Å². The van der Waals surface area contributed by atoms with Crippen LogP contribution in [0.25, 0.3) is 0 Å². The summed E-state index contributed by atoms with van der Waals surface area (Å²) in [6.07, 6.45) is 8.99. The van der Waals surface area contributed by atoms with Crippen molar-refractivity contribution in [2.45, 2.75) is 64.3 Å². The van der Waals surface area contributed by atoms with E-state index in [2.05, 4.69) is 10.2 Å². The predicted octanol–water partition coefficient (Wildman–Crippen LogP) is 2.79. The molecule has 6 nitrogen and oxygen atoms in total. The zero-order valence-corrected chi connectivity index (χ0v) is 16.8. The number of hydrogen-bond acceptors (Lipinski definition) is 5. The van der Waals surface area contributed by atoms with Gasteiger partial charge in [0.15, 0.2) is 0 Å². The Balaban J connectivity index is 1.48. The van der Waals surface area contributed by atoms with Gasteiger partial charge < -0.3 is 10.2 Å². The zero-order chi connectivity index (χ0) is 18.8. The molecule has 0 spiro atoms. The molecule has 0 aromatic carbocycles. The molecule has 1 saturated carbocycles. The minimum Gasteiger partial charge on any atom is -0.373 e. The van der Waals surface area contributed by atoms with Gasteiger partial charge in [0.1, 0.15) is 11.6 Å². The van der Waals surface area contributed by atoms with Crippen LogP contribution < -0.4 is 5.32 Å². The first-order chi connectivity index (χ1) is 13.1. The highest BCUT2D eigenvalue weighted by atomic mass is 16.2. The minimum atomic E-state index is 0.155. The summed E-state index contributed by atoms with van der Waals surface area (Å²) in [6.45, 7) is 6.52. The summed E-state index contributed by atoms with van der Waals surface area (Å²) in [6, 6.07) is 0. The maximum absolute atomic E-state index is 11.6. The van der Waals surface area contributed by atoms with Crippen molar-refractivity contribution < 1.29 is 4.79 Å². The summed E-state index contributed by atoms with van der Waals surface area (Å²) in [4.78, 5) is 26.0. The molecule has 1 saturated heterocycles. The monoisotopic (exact) mass is 371 g/mol. The molecule has 1 amide bonds. The molecule has 1 atom stereocenters. The van der Waals surface area contributed by atoms with Gasteiger partial charge in [-0.25, -0.2) is 9.97 Å². The number of carbonyl (C=O) groups is 1. The van der Waals surface area contributed by atoms with E-state index in [0.29, 0.717) is 0 Å². The summed E-state index contributed by atoms with van der Waals surface area (Å²) in [7, 11) is 1.96. The Morgan fingerprint density at radius 1 is 1.15 bits per heavy atom. The number of nitrogens with zero attached hydrogens (tertiary/aromatic N) is 4. The molecule has 1 aromatic rings. The van der Waals surface area contributed by atoms with Gasteiger partial charge in [-0.3, -0.25) is 9.69 Å². The normalized spacial score (nSPS) is 24.1. The van der Waals surface area contributed by atoms with Gasteiger partial charge in [0.2, 0.25) is 5.91 Å². The van der Waals surface area contributed by atoms with Crippen LogP contribution in [0.1, 0.15) is 68.4 Å². The lowest BCUT2D eigenvalue weighted by Crippen LogP contribution is -2.36. The molecule has 6 heteroatoms. The van der Waals surface area contributed by atoms with E-state index in [9.17, 15) is 4.79 Å². The van der Waals surface area contributed by atoms with Crippen LogP contribution in [0.15, 0.2) is 0 Å². The number of amides is 1. The molecule has 1 aliphatic carbocycles. The van der Waals surface area contributed by atoms with E-state index < -0.39 is 0 Å². The summed E-state index contributed by atoms with van der Waals surface area (Å²) in [5.41, 5.74) is 2.50. The average Bonchev–Trinajstić information content (AvgIpc) is 3.18. The smallest absolute Gasteiger partial charge is 0.219 e. The molecular weight excluding hydrogens is 338 g/mol. The highest BCUT2D eigenvalue weighted by Gasteiger charge is 2.30. The van der Waals surface area contributed by atoms with E-state index >= 15 is 0 Å². The van der Waals surface area contributed by atoms with Crippen molar-refractivity contribution >= 4 is 11.7 Å². The third kappa shape index (κ3) is 4.10. The molecule has 0 unspecified atom stereocenters. The number of hydrogen-bond donors (Lipinski definition) is 1. The standard InChI is InChI=1S/C21H33N5O/c1-15(27)26-11-8-17(13-26)20-23-19-9-10-25(12-16-6-4-3-5-7-16)14-18(19)21(22-2)24-20/h16-17H,3-14H2,1-2H3,(H,22,23,24)/t17-/m0/s1. The third-order valence-corrected chi connectivity index (χ3v) is 6.63. The maximum atomic E-state index is 11.6. The van der Waals surface area contributed by atoms with Gasteiger partial charge in [0, 0.05) is 64.6 Å². The van der Waals surface area contributed by atoms with Gasteiger partial charge in [0.05, 0.1) is 5.69 Å². The van der Waals surface area contributed by atoms with E-state index in [1.165, 1.54) is 49.9 Å². The van der Waals surface area contributed by atoms with Crippen molar-refractivity contribution in [3.8, 4) is 0 Å². The van der Waals surface area contributed by atoms with Crippen molar-refractivity contribution in [2.24, 2.45) is 5.92 Å². The van der Waals surface area contributed by atoms with E-state index in [0.717, 1.165) is 56.6 Å². The Labute approximate surface area is 162 Å². The van der Waals surface area contributed by atoms with E-state index in [-0.39, 0.29) is 11.8 Å². The number of likely N-dealkylation sites (tertiary alicyclic amines) is 1. The fraction of sp³-hybridized carbons (Fsp3) is 0.762. The number of anilines is 1. The van der Waals surface area contributed by atoms with Crippen molar-refractivity contribution in [3.05, 3.63) is 17.1 Å². The largest absolute Gasteiger partial charge is 0.373 e. The second-order valence-electron chi connectivity index (χ2n) is 8.55. The van der Waals surface area contributed by atoms with Crippen molar-refractivity contribution in [1.82, 2.24) is 19.8 Å². The molecule has 148 valence electrons. The number of aromatic nitrogens is 2. The minimum absolute atomic E-state index is 0.155. The van der Waals surface area contributed by atoms with Crippen molar-refractivity contribution in [3.63, 3.8) is 0 Å². The molecule has 1 N–H and O–H groups in total. The number of carbonyl (C=O) groups excluding carboxylic acids is 1. The van der Waals surface area contributed by atoms with Crippen molar-refractivity contribution in [2.75, 3.05) is 38.5 Å². The van der Waals surface area contributed by atoms with Crippen molar-refractivity contribution in [1.29, 1.82) is 0 Å². The molecule has 27 heavy (non-hydrogen) atoms. The summed E-state index contributed by atoms with van der Waals surface area (Å²) in [5.74, 6) is 3.20. The highest BCUT2D eigenvalue weighted by molar-refractivity contribution is 5.73. The van der Waals surface area contributed by atoms with Crippen LogP contribution in [0, 0.1) is 5.92 Å². The van der Waals surface area contributed by atoms with Gasteiger partial charge in [-0.05, 0) is 25.2 Å². The second-order valence-corrected chi connectivity index (χ2v) is 8.55. The second kappa shape index (κ2) is 8.13. The Morgan fingerprint density at radius 3 is 2.67 bits per heavy atom. The zero-order valence-electron chi connectivity index (χ0n) is 16.8. The first kappa shape index (κ1) is 18.7. The van der Waals surface area contributed by atoms with E-state index in [4.69, 9.17) is 9.97 Å². The van der Waals surface area contributed by atoms with Gasteiger partial charge in [-0.2, -0.15) is 0 Å². The molecule has 0 radical (unpaired) electrons. The fourth-order valence-electron chi connectivity index (χ4n) is 5.03. The lowest BCUT2D eigenvalue weighted by atomic mass is 9.88.